The van der Waals surface area contributed by atoms with Crippen LogP contribution in [0.5, 0.6) is 11.5 Å². The number of likely N-dealkylation sites (tertiary alicyclic amines) is 1. The van der Waals surface area contributed by atoms with Gasteiger partial charge in [-0.1, -0.05) is 102 Å². The van der Waals surface area contributed by atoms with Crippen LogP contribution in [0.15, 0.2) is 126 Å². The van der Waals surface area contributed by atoms with Crippen molar-refractivity contribution < 1.29 is 18.7 Å². The number of rotatable bonds is 13. The van der Waals surface area contributed by atoms with E-state index in [1.54, 1.807) is 35.6 Å². The first-order valence-corrected chi connectivity index (χ1v) is 19.9. The van der Waals surface area contributed by atoms with E-state index in [9.17, 15) is 9.67 Å². The summed E-state index contributed by atoms with van der Waals surface area (Å²) in [6.07, 6.45) is 6.50. The average molecular weight is 726 g/mol. The highest BCUT2D eigenvalue weighted by molar-refractivity contribution is 7.53. The van der Waals surface area contributed by atoms with Crippen LogP contribution >= 0.6 is 30.7 Å². The van der Waals surface area contributed by atoms with Crippen LogP contribution in [-0.2, 0) is 17.7 Å². The largest absolute Gasteiger partial charge is 0.564 e. The van der Waals surface area contributed by atoms with Crippen molar-refractivity contribution in [2.75, 3.05) is 19.7 Å². The quantitative estimate of drug-likeness (QED) is 0.0962. The van der Waals surface area contributed by atoms with E-state index in [0.717, 1.165) is 45.7 Å². The summed E-state index contributed by atoms with van der Waals surface area (Å²) >= 11 is 8.71. The van der Waals surface area contributed by atoms with Crippen LogP contribution in [0, 0.1) is 0 Å². The number of para-hydroxylation sites is 2. The van der Waals surface area contributed by atoms with Gasteiger partial charge in [0, 0.05) is 34.5 Å². The zero-order valence-corrected chi connectivity index (χ0v) is 30.3. The summed E-state index contributed by atoms with van der Waals surface area (Å²) in [5.41, 5.74) is 3.47. The first-order chi connectivity index (χ1) is 24.5. The van der Waals surface area contributed by atoms with Crippen LogP contribution in [0.4, 0.5) is 0 Å². The minimum absolute atomic E-state index is 0.0769. The second kappa shape index (κ2) is 16.0. The van der Waals surface area contributed by atoms with Gasteiger partial charge in [0.15, 0.2) is 0 Å². The van der Waals surface area contributed by atoms with Crippen molar-refractivity contribution in [3.63, 3.8) is 0 Å². The van der Waals surface area contributed by atoms with Crippen molar-refractivity contribution >= 4 is 46.6 Å². The summed E-state index contributed by atoms with van der Waals surface area (Å²) in [6, 6.07) is 34.8. The van der Waals surface area contributed by atoms with Crippen LogP contribution in [0.1, 0.15) is 54.1 Å². The number of hydrogen-bond acceptors (Lipinski definition) is 6. The molecule has 3 heterocycles. The van der Waals surface area contributed by atoms with Crippen molar-refractivity contribution in [3.05, 3.63) is 142 Å². The Balaban J connectivity index is 1.32. The van der Waals surface area contributed by atoms with Gasteiger partial charge < -0.3 is 19.1 Å². The summed E-state index contributed by atoms with van der Waals surface area (Å²) in [5.74, 6) is 1.37. The molecule has 1 N–H and O–H groups in total. The molecule has 258 valence electrons. The molecule has 2 aliphatic rings. The highest BCUT2D eigenvalue weighted by Gasteiger charge is 2.35. The van der Waals surface area contributed by atoms with Gasteiger partial charge in [-0.25, -0.2) is 4.57 Å². The maximum Gasteiger partial charge on any atom is 0.564 e. The van der Waals surface area contributed by atoms with Crippen LogP contribution in [0.2, 0.25) is 5.02 Å². The minimum Gasteiger partial charge on any atom is -0.399 e. The number of thiophene rings is 1. The molecule has 1 unspecified atom stereocenters. The molecule has 0 aliphatic carbocycles. The molecular weight excluding hydrogens is 685 g/mol. The number of aliphatic hydroxyl groups excluding tert-OH is 1. The number of benzene rings is 4. The van der Waals surface area contributed by atoms with Crippen molar-refractivity contribution in [2.45, 2.75) is 51.2 Å². The second-order valence-electron chi connectivity index (χ2n) is 12.8. The van der Waals surface area contributed by atoms with Gasteiger partial charge in [0.2, 0.25) is 0 Å². The predicted octanol–water partition coefficient (Wildman–Crippen LogP) is 10.5. The molecule has 4 aromatic carbocycles. The van der Waals surface area contributed by atoms with Gasteiger partial charge in [0.25, 0.3) is 0 Å². The fourth-order valence-electron chi connectivity index (χ4n) is 6.64. The number of nitrogens with zero attached hydrogens (tertiary/aromatic N) is 3. The van der Waals surface area contributed by atoms with E-state index in [2.05, 4.69) is 46.2 Å². The normalized spacial score (nSPS) is 17.7. The molecule has 5 aromatic rings. The first kappa shape index (κ1) is 34.5. The van der Waals surface area contributed by atoms with E-state index in [1.807, 2.05) is 54.6 Å². The van der Waals surface area contributed by atoms with E-state index in [4.69, 9.17) is 25.4 Å². The monoisotopic (exact) mass is 725 g/mol. The number of fused-ring (bicyclic) bond motifs is 1. The minimum atomic E-state index is -4.17. The zero-order chi connectivity index (χ0) is 34.3. The lowest BCUT2D eigenvalue weighted by molar-refractivity contribution is 0.286. The van der Waals surface area contributed by atoms with Gasteiger partial charge in [0.05, 0.1) is 17.6 Å². The number of halogens is 1. The van der Waals surface area contributed by atoms with Crippen molar-refractivity contribution in [1.82, 2.24) is 9.80 Å². The molecule has 0 saturated carbocycles. The third kappa shape index (κ3) is 8.34. The molecule has 50 heavy (non-hydrogen) atoms. The molecule has 2 aliphatic heterocycles. The van der Waals surface area contributed by atoms with Crippen molar-refractivity contribution in [3.8, 4) is 11.5 Å². The molecule has 1 fully saturated rings. The van der Waals surface area contributed by atoms with E-state index < -0.39 is 7.75 Å². The number of aliphatic hydroxyl groups is 1. The first-order valence-electron chi connectivity index (χ1n) is 17.2. The Bertz CT molecular complexity index is 1950. The van der Waals surface area contributed by atoms with Gasteiger partial charge in [0.1, 0.15) is 17.3 Å². The molecule has 1 saturated heterocycles. The molecule has 10 heteroatoms. The lowest BCUT2D eigenvalue weighted by Gasteiger charge is -2.38. The van der Waals surface area contributed by atoms with Crippen LogP contribution in [0.25, 0.3) is 10.1 Å². The Morgan fingerprint density at radius 3 is 2.12 bits per heavy atom. The summed E-state index contributed by atoms with van der Waals surface area (Å²) in [7, 11) is -4.17. The van der Waals surface area contributed by atoms with Crippen molar-refractivity contribution in [2.24, 2.45) is 4.76 Å². The van der Waals surface area contributed by atoms with Crippen molar-refractivity contribution in [1.29, 1.82) is 0 Å². The molecule has 0 radical (unpaired) electrons. The molecule has 1 atom stereocenters. The van der Waals surface area contributed by atoms with Crippen LogP contribution < -0.4 is 9.05 Å². The Morgan fingerprint density at radius 2 is 1.48 bits per heavy atom. The predicted molar refractivity (Wildman–Crippen MR) is 204 cm³/mol. The fourth-order valence-corrected chi connectivity index (χ4v) is 9.50. The third-order valence-electron chi connectivity index (χ3n) is 9.11. The van der Waals surface area contributed by atoms with E-state index in [1.165, 1.54) is 18.4 Å². The van der Waals surface area contributed by atoms with Gasteiger partial charge in [-0.15, -0.1) is 16.1 Å². The topological polar surface area (TPSA) is 74.6 Å². The molecule has 7 nitrogen and oxygen atoms in total. The van der Waals surface area contributed by atoms with E-state index >= 15 is 0 Å². The number of amidine groups is 1. The summed E-state index contributed by atoms with van der Waals surface area (Å²) in [4.78, 5) is 5.68. The Hall–Kier alpha value is -3.91. The maximum atomic E-state index is 14.9. The van der Waals surface area contributed by atoms with Gasteiger partial charge >= 0.3 is 7.75 Å². The van der Waals surface area contributed by atoms with Crippen LogP contribution in [0.3, 0.4) is 0 Å². The maximum absolute atomic E-state index is 14.9. The van der Waals surface area contributed by atoms with E-state index in [-0.39, 0.29) is 12.6 Å². The lowest BCUT2D eigenvalue weighted by Crippen LogP contribution is -2.37. The zero-order valence-electron chi connectivity index (χ0n) is 27.9. The molecule has 0 bridgehead atoms. The number of hydrogen-bond donors (Lipinski definition) is 1. The summed E-state index contributed by atoms with van der Waals surface area (Å²) < 4.78 is 33.2. The van der Waals surface area contributed by atoms with Gasteiger partial charge in [-0.2, -0.15) is 0 Å². The highest BCUT2D eigenvalue weighted by Crippen LogP contribution is 2.52. The molecular formula is C40H41ClN3O4PS. The highest BCUT2D eigenvalue weighted by atomic mass is 35.5. The third-order valence-corrected chi connectivity index (χ3v) is 12.2. The molecule has 0 amide bonds. The smallest absolute Gasteiger partial charge is 0.399 e. The summed E-state index contributed by atoms with van der Waals surface area (Å²) in [6.45, 7) is 3.74. The standard InChI is InChI=1S/C40H41ClN3O4PS/c41-40-35-17-7-8-18-37(35)50-38(40)29-44-36(32-21-19-30(20-22-32)28-43-23-9-10-24-43)26-31(12-11-25-45)27-39(44)42-49(46,47-33-13-3-1-4-14-33)48-34-15-5-2-6-16-34/h1-8,13-22,26,36,45H,9-12,23-25,27-29H2/b42-39-. The lowest BCUT2D eigenvalue weighted by atomic mass is 9.92. The van der Waals surface area contributed by atoms with Crippen LogP contribution in [-0.4, -0.2) is 40.4 Å². The SMILES string of the molecule is O=P(/N=C1/CC(CCCO)=CC(c2ccc(CN3CCCC3)cc2)N1Cc1sc2ccccc2c1Cl)(Oc1ccccc1)Oc1ccccc1. The summed E-state index contributed by atoms with van der Waals surface area (Å²) in [5, 5.41) is 11.5. The van der Waals surface area contributed by atoms with Gasteiger partial charge in [-0.05, 0) is 80.2 Å². The Labute approximate surface area is 303 Å². The fraction of sp³-hybridized carbons (Fsp3) is 0.275. The van der Waals surface area contributed by atoms with Gasteiger partial charge in [-0.3, -0.25) is 4.90 Å². The molecule has 0 spiro atoms. The Kier molecular flexibility index (Phi) is 11.0. The average Bonchev–Trinajstić information content (AvgIpc) is 3.76. The van der Waals surface area contributed by atoms with E-state index in [0.29, 0.717) is 48.2 Å². The second-order valence-corrected chi connectivity index (χ2v) is 15.8. The molecule has 7 rings (SSSR count). The Morgan fingerprint density at radius 1 is 0.840 bits per heavy atom. The molecule has 1 aromatic heterocycles.